The number of nitrogens with zero attached hydrogens (tertiary/aromatic N) is 1. The van der Waals surface area contributed by atoms with Crippen molar-refractivity contribution in [1.82, 2.24) is 4.90 Å². The van der Waals surface area contributed by atoms with E-state index < -0.39 is 6.10 Å². The van der Waals surface area contributed by atoms with Crippen LogP contribution in [-0.2, 0) is 4.74 Å². The Balaban J connectivity index is 1.90. The van der Waals surface area contributed by atoms with E-state index >= 15 is 0 Å². The molecule has 4 nitrogen and oxygen atoms in total. The fourth-order valence-corrected chi connectivity index (χ4v) is 2.07. The summed E-state index contributed by atoms with van der Waals surface area (Å²) in [4.78, 5) is 2.07. The van der Waals surface area contributed by atoms with E-state index in [2.05, 4.69) is 4.90 Å². The van der Waals surface area contributed by atoms with Gasteiger partial charge in [-0.05, 0) is 12.1 Å². The van der Waals surface area contributed by atoms with Crippen LogP contribution in [0.2, 0.25) is 0 Å². The zero-order chi connectivity index (χ0) is 13.0. The van der Waals surface area contributed by atoms with Gasteiger partial charge < -0.3 is 14.6 Å². The molecular formula is C13H18FNO3. The summed E-state index contributed by atoms with van der Waals surface area (Å²) in [5.41, 5.74) is 0. The molecule has 1 aromatic rings. The maximum atomic E-state index is 13.0. The van der Waals surface area contributed by atoms with Crippen LogP contribution in [0.4, 0.5) is 4.39 Å². The summed E-state index contributed by atoms with van der Waals surface area (Å²) in [7, 11) is 1.65. The smallest absolute Gasteiger partial charge is 0.138 e. The lowest BCUT2D eigenvalue weighted by Gasteiger charge is -2.17. The van der Waals surface area contributed by atoms with Crippen LogP contribution >= 0.6 is 0 Å². The Bertz CT molecular complexity index is 388. The number of ether oxygens (including phenoxy) is 2. The lowest BCUT2D eigenvalue weighted by Crippen LogP contribution is -2.30. The van der Waals surface area contributed by atoms with Crippen molar-refractivity contribution < 1.29 is 19.0 Å². The third-order valence-electron chi connectivity index (χ3n) is 3.01. The average molecular weight is 255 g/mol. The molecule has 100 valence electrons. The Labute approximate surface area is 106 Å². The molecule has 0 radical (unpaired) electrons. The fraction of sp³-hybridized carbons (Fsp3) is 0.538. The van der Waals surface area contributed by atoms with Gasteiger partial charge in [-0.25, -0.2) is 4.39 Å². The number of hydrogen-bond acceptors (Lipinski definition) is 4. The SMILES string of the molecule is COCCN1C[C@@H](O)[C@H](Oc2cccc(F)c2)C1. The fourth-order valence-electron chi connectivity index (χ4n) is 2.07. The standard InChI is InChI=1S/C13H18FNO3/c1-17-6-5-15-8-12(16)13(9-15)18-11-4-2-3-10(14)7-11/h2-4,7,12-13,16H,5-6,8-9H2,1H3/t12-,13-/m1/s1. The van der Waals surface area contributed by atoms with E-state index in [1.165, 1.54) is 12.1 Å². The summed E-state index contributed by atoms with van der Waals surface area (Å²) in [6.45, 7) is 2.57. The number of rotatable bonds is 5. The highest BCUT2D eigenvalue weighted by Gasteiger charge is 2.32. The van der Waals surface area contributed by atoms with Gasteiger partial charge in [0.2, 0.25) is 0 Å². The molecule has 1 saturated heterocycles. The van der Waals surface area contributed by atoms with Crippen LogP contribution < -0.4 is 4.74 Å². The zero-order valence-electron chi connectivity index (χ0n) is 10.4. The highest BCUT2D eigenvalue weighted by atomic mass is 19.1. The molecule has 5 heteroatoms. The van der Waals surface area contributed by atoms with Crippen molar-refractivity contribution in [2.45, 2.75) is 12.2 Å². The minimum absolute atomic E-state index is 0.316. The van der Waals surface area contributed by atoms with Crippen LogP contribution in [-0.4, -0.2) is 55.6 Å². The van der Waals surface area contributed by atoms with Gasteiger partial charge in [-0.1, -0.05) is 6.07 Å². The van der Waals surface area contributed by atoms with Gasteiger partial charge in [-0.2, -0.15) is 0 Å². The van der Waals surface area contributed by atoms with E-state index in [-0.39, 0.29) is 11.9 Å². The minimum atomic E-state index is -0.551. The van der Waals surface area contributed by atoms with Crippen molar-refractivity contribution in [2.75, 3.05) is 33.4 Å². The molecule has 1 fully saturated rings. The number of aliphatic hydroxyl groups excluding tert-OH is 1. The Hall–Kier alpha value is -1.17. The van der Waals surface area contributed by atoms with Crippen LogP contribution in [0.3, 0.4) is 0 Å². The molecule has 0 aliphatic carbocycles. The minimum Gasteiger partial charge on any atom is -0.486 e. The summed E-state index contributed by atoms with van der Waals surface area (Å²) < 4.78 is 23.6. The largest absolute Gasteiger partial charge is 0.486 e. The molecule has 1 aliphatic rings. The van der Waals surface area contributed by atoms with Crippen molar-refractivity contribution >= 4 is 0 Å². The summed E-state index contributed by atoms with van der Waals surface area (Å²) >= 11 is 0. The van der Waals surface area contributed by atoms with Crippen LogP contribution in [0, 0.1) is 5.82 Å². The first kappa shape index (κ1) is 13.3. The first-order valence-corrected chi connectivity index (χ1v) is 6.00. The molecule has 1 heterocycles. The predicted molar refractivity (Wildman–Crippen MR) is 65.1 cm³/mol. The monoisotopic (exact) mass is 255 g/mol. The van der Waals surface area contributed by atoms with Crippen LogP contribution in [0.25, 0.3) is 0 Å². The summed E-state index contributed by atoms with van der Waals surface area (Å²) in [6.07, 6.45) is -0.867. The number of benzene rings is 1. The average Bonchev–Trinajstić information content (AvgIpc) is 2.68. The second kappa shape index (κ2) is 6.13. The first-order chi connectivity index (χ1) is 8.69. The predicted octanol–water partition coefficient (Wildman–Crippen LogP) is 0.896. The molecule has 0 unspecified atom stereocenters. The molecule has 0 amide bonds. The van der Waals surface area contributed by atoms with Crippen molar-refractivity contribution in [3.8, 4) is 5.75 Å². The van der Waals surface area contributed by atoms with E-state index in [1.54, 1.807) is 19.2 Å². The van der Waals surface area contributed by atoms with Gasteiger partial charge in [0.15, 0.2) is 0 Å². The molecule has 0 aromatic heterocycles. The van der Waals surface area contributed by atoms with E-state index in [0.717, 1.165) is 6.54 Å². The number of β-amino-alcohol motifs (C(OH)–C–C–N with tert-alkyl or cyclic N) is 1. The normalized spacial score (nSPS) is 24.4. The Kier molecular flexibility index (Phi) is 4.52. The molecule has 0 spiro atoms. The van der Waals surface area contributed by atoms with Crippen LogP contribution in [0.1, 0.15) is 0 Å². The molecule has 18 heavy (non-hydrogen) atoms. The van der Waals surface area contributed by atoms with E-state index in [0.29, 0.717) is 25.4 Å². The van der Waals surface area contributed by atoms with Crippen molar-refractivity contribution in [2.24, 2.45) is 0 Å². The second-order valence-electron chi connectivity index (χ2n) is 4.43. The Morgan fingerprint density at radius 1 is 1.44 bits per heavy atom. The van der Waals surface area contributed by atoms with Crippen molar-refractivity contribution in [3.05, 3.63) is 30.1 Å². The molecule has 0 saturated carbocycles. The topological polar surface area (TPSA) is 41.9 Å². The van der Waals surface area contributed by atoms with Crippen molar-refractivity contribution in [3.63, 3.8) is 0 Å². The van der Waals surface area contributed by atoms with E-state index in [9.17, 15) is 9.50 Å². The molecule has 1 aliphatic heterocycles. The van der Waals surface area contributed by atoms with Crippen LogP contribution in [0.5, 0.6) is 5.75 Å². The number of halogens is 1. The lowest BCUT2D eigenvalue weighted by atomic mass is 10.2. The van der Waals surface area contributed by atoms with Gasteiger partial charge in [-0.3, -0.25) is 4.90 Å². The lowest BCUT2D eigenvalue weighted by molar-refractivity contribution is 0.0734. The molecular weight excluding hydrogens is 237 g/mol. The number of aliphatic hydroxyl groups is 1. The van der Waals surface area contributed by atoms with Gasteiger partial charge >= 0.3 is 0 Å². The van der Waals surface area contributed by atoms with E-state index in [4.69, 9.17) is 9.47 Å². The summed E-state index contributed by atoms with van der Waals surface area (Å²) in [6, 6.07) is 5.97. The zero-order valence-corrected chi connectivity index (χ0v) is 10.4. The van der Waals surface area contributed by atoms with Crippen LogP contribution in [0.15, 0.2) is 24.3 Å². The molecule has 1 aromatic carbocycles. The third kappa shape index (κ3) is 3.41. The first-order valence-electron chi connectivity index (χ1n) is 6.00. The number of likely N-dealkylation sites (tertiary alicyclic amines) is 1. The third-order valence-corrected chi connectivity index (χ3v) is 3.01. The second-order valence-corrected chi connectivity index (χ2v) is 4.43. The summed E-state index contributed by atoms with van der Waals surface area (Å²) in [5.74, 6) is 0.115. The summed E-state index contributed by atoms with van der Waals surface area (Å²) in [5, 5.41) is 9.89. The highest BCUT2D eigenvalue weighted by molar-refractivity contribution is 5.23. The molecule has 2 atom stereocenters. The number of hydrogen-bond donors (Lipinski definition) is 1. The molecule has 0 bridgehead atoms. The van der Waals surface area contributed by atoms with Gasteiger partial charge in [0, 0.05) is 32.8 Å². The highest BCUT2D eigenvalue weighted by Crippen LogP contribution is 2.19. The van der Waals surface area contributed by atoms with Gasteiger partial charge in [0.05, 0.1) is 6.61 Å². The van der Waals surface area contributed by atoms with Gasteiger partial charge in [0.25, 0.3) is 0 Å². The quantitative estimate of drug-likeness (QED) is 0.848. The van der Waals surface area contributed by atoms with E-state index in [1.807, 2.05) is 0 Å². The Morgan fingerprint density at radius 2 is 2.28 bits per heavy atom. The molecule has 2 rings (SSSR count). The van der Waals surface area contributed by atoms with Gasteiger partial charge in [0.1, 0.15) is 23.8 Å². The van der Waals surface area contributed by atoms with Crippen molar-refractivity contribution in [1.29, 1.82) is 0 Å². The number of methoxy groups -OCH3 is 1. The maximum absolute atomic E-state index is 13.0. The molecule has 1 N–H and O–H groups in total. The van der Waals surface area contributed by atoms with Gasteiger partial charge in [-0.15, -0.1) is 0 Å². The maximum Gasteiger partial charge on any atom is 0.138 e. The Morgan fingerprint density at radius 3 is 3.00 bits per heavy atom.